The van der Waals surface area contributed by atoms with E-state index in [1.165, 1.54) is 12.0 Å². The topological polar surface area (TPSA) is 46.3 Å². The van der Waals surface area contributed by atoms with Crippen molar-refractivity contribution in [3.63, 3.8) is 0 Å². The molecule has 1 heterocycles. The SMILES string of the molecule is NC(=O)CN1CCCCC1c1ccccc1. The Morgan fingerprint density at radius 2 is 2.06 bits per heavy atom. The summed E-state index contributed by atoms with van der Waals surface area (Å²) in [4.78, 5) is 13.2. The predicted molar refractivity (Wildman–Crippen MR) is 63.8 cm³/mol. The van der Waals surface area contributed by atoms with E-state index in [9.17, 15) is 4.79 Å². The molecule has 2 N–H and O–H groups in total. The molecular weight excluding hydrogens is 200 g/mol. The Kier molecular flexibility index (Phi) is 3.57. The number of rotatable bonds is 3. The second-order valence-electron chi connectivity index (χ2n) is 4.36. The molecule has 0 radical (unpaired) electrons. The number of likely N-dealkylation sites (tertiary alicyclic amines) is 1. The van der Waals surface area contributed by atoms with Crippen molar-refractivity contribution >= 4 is 5.91 Å². The molecule has 0 saturated carbocycles. The number of nitrogens with two attached hydrogens (primary N) is 1. The molecule has 2 rings (SSSR count). The maximum Gasteiger partial charge on any atom is 0.231 e. The largest absolute Gasteiger partial charge is 0.369 e. The smallest absolute Gasteiger partial charge is 0.231 e. The van der Waals surface area contributed by atoms with Crippen LogP contribution in [0.3, 0.4) is 0 Å². The fourth-order valence-electron chi connectivity index (χ4n) is 2.43. The second kappa shape index (κ2) is 5.12. The first kappa shape index (κ1) is 11.1. The van der Waals surface area contributed by atoms with E-state index in [1.54, 1.807) is 0 Å². The molecule has 86 valence electrons. The van der Waals surface area contributed by atoms with Crippen LogP contribution in [0.2, 0.25) is 0 Å². The van der Waals surface area contributed by atoms with Gasteiger partial charge >= 0.3 is 0 Å². The molecule has 1 aliphatic heterocycles. The molecule has 1 aromatic carbocycles. The minimum Gasteiger partial charge on any atom is -0.369 e. The number of carbonyl (C=O) groups is 1. The van der Waals surface area contributed by atoms with Gasteiger partial charge in [-0.2, -0.15) is 0 Å². The molecule has 1 atom stereocenters. The zero-order valence-electron chi connectivity index (χ0n) is 9.43. The van der Waals surface area contributed by atoms with Crippen LogP contribution in [0, 0.1) is 0 Å². The molecular formula is C13H18N2O. The molecule has 3 heteroatoms. The first-order chi connectivity index (χ1) is 7.77. The number of benzene rings is 1. The van der Waals surface area contributed by atoms with Gasteiger partial charge in [0, 0.05) is 6.04 Å². The lowest BCUT2D eigenvalue weighted by Crippen LogP contribution is -2.39. The van der Waals surface area contributed by atoms with Gasteiger partial charge in [0.25, 0.3) is 0 Å². The molecule has 1 aromatic rings. The number of carbonyl (C=O) groups excluding carboxylic acids is 1. The summed E-state index contributed by atoms with van der Waals surface area (Å²) in [5.41, 5.74) is 6.58. The number of primary amides is 1. The highest BCUT2D eigenvalue weighted by Gasteiger charge is 2.24. The zero-order valence-corrected chi connectivity index (χ0v) is 9.43. The monoisotopic (exact) mass is 218 g/mol. The van der Waals surface area contributed by atoms with Gasteiger partial charge in [0.05, 0.1) is 6.54 Å². The van der Waals surface area contributed by atoms with Crippen molar-refractivity contribution in [1.29, 1.82) is 0 Å². The Bertz CT molecular complexity index is 350. The van der Waals surface area contributed by atoms with Crippen molar-refractivity contribution in [2.75, 3.05) is 13.1 Å². The van der Waals surface area contributed by atoms with Gasteiger partial charge in [-0.1, -0.05) is 36.8 Å². The fourth-order valence-corrected chi connectivity index (χ4v) is 2.43. The normalized spacial score (nSPS) is 21.9. The van der Waals surface area contributed by atoms with Crippen LogP contribution in [-0.2, 0) is 4.79 Å². The van der Waals surface area contributed by atoms with Crippen molar-refractivity contribution in [1.82, 2.24) is 4.90 Å². The van der Waals surface area contributed by atoms with Crippen LogP contribution in [0.15, 0.2) is 30.3 Å². The van der Waals surface area contributed by atoms with Crippen LogP contribution < -0.4 is 5.73 Å². The molecule has 0 aliphatic carbocycles. The maximum absolute atomic E-state index is 11.0. The average molecular weight is 218 g/mol. The third-order valence-corrected chi connectivity index (χ3v) is 3.16. The Labute approximate surface area is 96.2 Å². The highest BCUT2D eigenvalue weighted by atomic mass is 16.1. The summed E-state index contributed by atoms with van der Waals surface area (Å²) in [6.07, 6.45) is 3.52. The van der Waals surface area contributed by atoms with E-state index in [2.05, 4.69) is 17.0 Å². The molecule has 0 spiro atoms. The van der Waals surface area contributed by atoms with Crippen molar-refractivity contribution in [2.24, 2.45) is 5.73 Å². The number of hydrogen-bond acceptors (Lipinski definition) is 2. The summed E-state index contributed by atoms with van der Waals surface area (Å²) in [6.45, 7) is 1.35. The number of amides is 1. The Morgan fingerprint density at radius 3 is 2.75 bits per heavy atom. The fraction of sp³-hybridized carbons (Fsp3) is 0.462. The molecule has 0 aromatic heterocycles. The van der Waals surface area contributed by atoms with Gasteiger partial charge in [0.1, 0.15) is 0 Å². The third kappa shape index (κ3) is 2.61. The minimum absolute atomic E-state index is 0.233. The minimum atomic E-state index is -0.233. The zero-order chi connectivity index (χ0) is 11.4. The molecule has 0 bridgehead atoms. The number of nitrogens with zero attached hydrogens (tertiary/aromatic N) is 1. The summed E-state index contributed by atoms with van der Waals surface area (Å²) >= 11 is 0. The van der Waals surface area contributed by atoms with E-state index in [4.69, 9.17) is 5.73 Å². The van der Waals surface area contributed by atoms with Crippen molar-refractivity contribution in [3.8, 4) is 0 Å². The molecule has 1 aliphatic rings. The molecule has 1 fully saturated rings. The summed E-state index contributed by atoms with van der Waals surface area (Å²) in [6, 6.07) is 10.7. The molecule has 3 nitrogen and oxygen atoms in total. The maximum atomic E-state index is 11.0. The average Bonchev–Trinajstić information content (AvgIpc) is 2.30. The standard InChI is InChI=1S/C13H18N2O/c14-13(16)10-15-9-5-4-8-12(15)11-6-2-1-3-7-11/h1-3,6-7,12H,4-5,8-10H2,(H2,14,16). The van der Waals surface area contributed by atoms with Crippen LogP contribution in [0.1, 0.15) is 30.9 Å². The lowest BCUT2D eigenvalue weighted by atomic mass is 9.95. The highest BCUT2D eigenvalue weighted by Crippen LogP contribution is 2.30. The number of piperidine rings is 1. The van der Waals surface area contributed by atoms with Crippen molar-refractivity contribution in [2.45, 2.75) is 25.3 Å². The van der Waals surface area contributed by atoms with Gasteiger partial charge in [-0.3, -0.25) is 9.69 Å². The summed E-state index contributed by atoms with van der Waals surface area (Å²) in [5, 5.41) is 0. The van der Waals surface area contributed by atoms with Gasteiger partial charge in [0.2, 0.25) is 5.91 Å². The highest BCUT2D eigenvalue weighted by molar-refractivity contribution is 5.76. The summed E-state index contributed by atoms with van der Waals surface area (Å²) in [5.74, 6) is -0.233. The molecule has 1 amide bonds. The van der Waals surface area contributed by atoms with Crippen molar-refractivity contribution < 1.29 is 4.79 Å². The summed E-state index contributed by atoms with van der Waals surface area (Å²) < 4.78 is 0. The quantitative estimate of drug-likeness (QED) is 0.839. The van der Waals surface area contributed by atoms with Crippen LogP contribution in [0.25, 0.3) is 0 Å². The van der Waals surface area contributed by atoms with Crippen LogP contribution in [0.5, 0.6) is 0 Å². The number of hydrogen-bond donors (Lipinski definition) is 1. The Morgan fingerprint density at radius 1 is 1.31 bits per heavy atom. The lowest BCUT2D eigenvalue weighted by Gasteiger charge is -2.35. The van der Waals surface area contributed by atoms with Gasteiger partial charge in [-0.15, -0.1) is 0 Å². The first-order valence-electron chi connectivity index (χ1n) is 5.84. The van der Waals surface area contributed by atoms with E-state index in [1.807, 2.05) is 18.2 Å². The van der Waals surface area contributed by atoms with E-state index in [0.29, 0.717) is 12.6 Å². The van der Waals surface area contributed by atoms with Gasteiger partial charge < -0.3 is 5.73 Å². The van der Waals surface area contributed by atoms with E-state index in [0.717, 1.165) is 19.4 Å². The Balaban J connectivity index is 2.13. The van der Waals surface area contributed by atoms with E-state index in [-0.39, 0.29) is 5.91 Å². The van der Waals surface area contributed by atoms with E-state index >= 15 is 0 Å². The van der Waals surface area contributed by atoms with Crippen LogP contribution in [0.4, 0.5) is 0 Å². The molecule has 1 saturated heterocycles. The lowest BCUT2D eigenvalue weighted by molar-refractivity contribution is -0.120. The molecule has 1 unspecified atom stereocenters. The van der Waals surface area contributed by atoms with Gasteiger partial charge in [-0.05, 0) is 24.9 Å². The van der Waals surface area contributed by atoms with Crippen LogP contribution >= 0.6 is 0 Å². The van der Waals surface area contributed by atoms with Crippen molar-refractivity contribution in [3.05, 3.63) is 35.9 Å². The van der Waals surface area contributed by atoms with Crippen LogP contribution in [-0.4, -0.2) is 23.9 Å². The third-order valence-electron chi connectivity index (χ3n) is 3.16. The molecule has 16 heavy (non-hydrogen) atoms. The van der Waals surface area contributed by atoms with Gasteiger partial charge in [0.15, 0.2) is 0 Å². The predicted octanol–water partition coefficient (Wildman–Crippen LogP) is 1.70. The summed E-state index contributed by atoms with van der Waals surface area (Å²) in [7, 11) is 0. The first-order valence-corrected chi connectivity index (χ1v) is 5.84. The second-order valence-corrected chi connectivity index (χ2v) is 4.36. The van der Waals surface area contributed by atoms with E-state index < -0.39 is 0 Å². The van der Waals surface area contributed by atoms with Gasteiger partial charge in [-0.25, -0.2) is 0 Å². The Hall–Kier alpha value is -1.35.